The molecule has 2 rings (SSSR count). The minimum atomic E-state index is -3.27. The van der Waals surface area contributed by atoms with Crippen LogP contribution >= 0.6 is 0 Å². The summed E-state index contributed by atoms with van der Waals surface area (Å²) in [5, 5.41) is 1.78. The fourth-order valence-electron chi connectivity index (χ4n) is 1.69. The first-order valence-corrected chi connectivity index (χ1v) is 7.11. The molecular formula is C12H14N2O2S. The van der Waals surface area contributed by atoms with Crippen LogP contribution in [0.4, 0.5) is 5.69 Å². The molecule has 1 aromatic heterocycles. The van der Waals surface area contributed by atoms with Crippen molar-refractivity contribution in [2.75, 3.05) is 10.5 Å². The van der Waals surface area contributed by atoms with Gasteiger partial charge in [-0.15, -0.1) is 0 Å². The van der Waals surface area contributed by atoms with E-state index >= 15 is 0 Å². The lowest BCUT2D eigenvalue weighted by Gasteiger charge is -2.09. The Hall–Kier alpha value is -1.62. The number of nitrogens with zero attached hydrogens (tertiary/aromatic N) is 1. The molecule has 1 aromatic carbocycles. The Morgan fingerprint density at radius 1 is 1.24 bits per heavy atom. The van der Waals surface area contributed by atoms with Gasteiger partial charge in [-0.3, -0.25) is 9.71 Å². The summed E-state index contributed by atoms with van der Waals surface area (Å²) in [5.74, 6) is 0.121. The summed E-state index contributed by atoms with van der Waals surface area (Å²) in [6.07, 6.45) is 3.84. The molecule has 0 bridgehead atoms. The molecule has 17 heavy (non-hydrogen) atoms. The Kier molecular flexibility index (Phi) is 3.28. The van der Waals surface area contributed by atoms with Crippen molar-refractivity contribution in [1.29, 1.82) is 0 Å². The summed E-state index contributed by atoms with van der Waals surface area (Å²) in [6.45, 7) is 1.83. The van der Waals surface area contributed by atoms with E-state index in [1.165, 1.54) is 6.20 Å². The Balaban J connectivity index is 2.43. The average Bonchev–Trinajstić information content (AvgIpc) is 2.29. The molecule has 1 heterocycles. The van der Waals surface area contributed by atoms with E-state index in [9.17, 15) is 8.42 Å². The van der Waals surface area contributed by atoms with Gasteiger partial charge in [0.1, 0.15) is 0 Å². The van der Waals surface area contributed by atoms with Crippen molar-refractivity contribution in [2.45, 2.75) is 13.3 Å². The predicted molar refractivity (Wildman–Crippen MR) is 69.4 cm³/mol. The molecule has 0 aliphatic heterocycles. The number of hydrogen-bond donors (Lipinski definition) is 1. The number of aromatic nitrogens is 1. The minimum Gasteiger partial charge on any atom is -0.281 e. The van der Waals surface area contributed by atoms with Gasteiger partial charge in [0.2, 0.25) is 10.0 Å². The Morgan fingerprint density at radius 3 is 2.76 bits per heavy atom. The molecule has 0 aliphatic rings. The van der Waals surface area contributed by atoms with Crippen molar-refractivity contribution in [3.63, 3.8) is 0 Å². The summed E-state index contributed by atoms with van der Waals surface area (Å²) in [5.41, 5.74) is 0.538. The molecule has 0 radical (unpaired) electrons. The highest BCUT2D eigenvalue weighted by Crippen LogP contribution is 2.22. The summed E-state index contributed by atoms with van der Waals surface area (Å²) in [4.78, 5) is 4.03. The molecule has 0 atom stereocenters. The molecule has 2 aromatic rings. The van der Waals surface area contributed by atoms with Crippen LogP contribution in [-0.4, -0.2) is 19.2 Å². The van der Waals surface area contributed by atoms with Crippen molar-refractivity contribution in [1.82, 2.24) is 4.98 Å². The number of nitrogens with one attached hydrogen (secondary N) is 1. The fourth-order valence-corrected chi connectivity index (χ4v) is 2.82. The van der Waals surface area contributed by atoms with Gasteiger partial charge >= 0.3 is 0 Å². The second-order valence-corrected chi connectivity index (χ2v) is 5.67. The van der Waals surface area contributed by atoms with E-state index in [2.05, 4.69) is 9.71 Å². The van der Waals surface area contributed by atoms with E-state index in [4.69, 9.17) is 0 Å². The second kappa shape index (κ2) is 4.71. The molecule has 0 spiro atoms. The SMILES string of the molecule is CCCS(=O)(=O)Nc1cncc2ccccc12. The molecule has 0 unspecified atom stereocenters. The third-order valence-corrected chi connectivity index (χ3v) is 3.88. The van der Waals surface area contributed by atoms with E-state index in [0.717, 1.165) is 10.8 Å². The molecular weight excluding hydrogens is 236 g/mol. The zero-order valence-electron chi connectivity index (χ0n) is 9.55. The number of pyridine rings is 1. The van der Waals surface area contributed by atoms with Gasteiger partial charge in [0, 0.05) is 17.0 Å². The summed E-state index contributed by atoms with van der Waals surface area (Å²) < 4.78 is 26.0. The molecule has 90 valence electrons. The van der Waals surface area contributed by atoms with Gasteiger partial charge in [-0.2, -0.15) is 0 Å². The van der Waals surface area contributed by atoms with E-state index in [0.29, 0.717) is 12.1 Å². The maximum Gasteiger partial charge on any atom is 0.232 e. The number of hydrogen-bond acceptors (Lipinski definition) is 3. The van der Waals surface area contributed by atoms with Crippen LogP contribution in [0.1, 0.15) is 13.3 Å². The molecule has 5 heteroatoms. The number of rotatable bonds is 4. The smallest absolute Gasteiger partial charge is 0.232 e. The van der Waals surface area contributed by atoms with Crippen LogP contribution < -0.4 is 4.72 Å². The highest BCUT2D eigenvalue weighted by atomic mass is 32.2. The van der Waals surface area contributed by atoms with Gasteiger partial charge in [0.05, 0.1) is 17.6 Å². The van der Waals surface area contributed by atoms with Crippen molar-refractivity contribution in [2.24, 2.45) is 0 Å². The van der Waals surface area contributed by atoms with E-state index in [1.54, 1.807) is 6.20 Å². The quantitative estimate of drug-likeness (QED) is 0.906. The topological polar surface area (TPSA) is 59.1 Å². The summed E-state index contributed by atoms with van der Waals surface area (Å²) in [7, 11) is -3.27. The van der Waals surface area contributed by atoms with E-state index in [1.807, 2.05) is 31.2 Å². The van der Waals surface area contributed by atoms with Crippen LogP contribution in [0.5, 0.6) is 0 Å². The van der Waals surface area contributed by atoms with Gasteiger partial charge in [-0.1, -0.05) is 31.2 Å². The van der Waals surface area contributed by atoms with E-state index < -0.39 is 10.0 Å². The Bertz CT molecular complexity index is 618. The maximum absolute atomic E-state index is 11.7. The monoisotopic (exact) mass is 250 g/mol. The van der Waals surface area contributed by atoms with Crippen LogP contribution in [0.25, 0.3) is 10.8 Å². The zero-order chi connectivity index (χ0) is 12.3. The minimum absolute atomic E-state index is 0.121. The lowest BCUT2D eigenvalue weighted by Crippen LogP contribution is -2.16. The molecule has 0 saturated carbocycles. The van der Waals surface area contributed by atoms with Crippen molar-refractivity contribution in [3.8, 4) is 0 Å². The number of sulfonamides is 1. The lowest BCUT2D eigenvalue weighted by molar-refractivity contribution is 0.600. The van der Waals surface area contributed by atoms with Crippen LogP contribution in [0, 0.1) is 0 Å². The van der Waals surface area contributed by atoms with Crippen molar-refractivity contribution < 1.29 is 8.42 Å². The first kappa shape index (κ1) is 11.9. The molecule has 0 amide bonds. The first-order chi connectivity index (χ1) is 8.12. The molecule has 0 fully saturated rings. The zero-order valence-corrected chi connectivity index (χ0v) is 10.4. The normalized spacial score (nSPS) is 11.6. The molecule has 4 nitrogen and oxygen atoms in total. The van der Waals surface area contributed by atoms with Gasteiger partial charge in [-0.05, 0) is 6.42 Å². The standard InChI is InChI=1S/C12H14N2O2S/c1-2-7-17(15,16)14-12-9-13-8-10-5-3-4-6-11(10)12/h3-6,8-9,14H,2,7H2,1H3. The number of fused-ring (bicyclic) bond motifs is 1. The molecule has 0 saturated heterocycles. The van der Waals surface area contributed by atoms with Gasteiger partial charge in [0.15, 0.2) is 0 Å². The third kappa shape index (κ3) is 2.74. The van der Waals surface area contributed by atoms with Crippen LogP contribution in [0.2, 0.25) is 0 Å². The van der Waals surface area contributed by atoms with Crippen LogP contribution in [0.3, 0.4) is 0 Å². The number of anilines is 1. The molecule has 1 N–H and O–H groups in total. The first-order valence-electron chi connectivity index (χ1n) is 5.45. The van der Waals surface area contributed by atoms with Crippen molar-refractivity contribution in [3.05, 3.63) is 36.7 Å². The lowest BCUT2D eigenvalue weighted by atomic mass is 10.1. The maximum atomic E-state index is 11.7. The highest BCUT2D eigenvalue weighted by molar-refractivity contribution is 7.92. The second-order valence-electron chi connectivity index (χ2n) is 3.83. The van der Waals surface area contributed by atoms with E-state index in [-0.39, 0.29) is 5.75 Å². The average molecular weight is 250 g/mol. The third-order valence-electron chi connectivity index (χ3n) is 2.41. The Morgan fingerprint density at radius 2 is 2.00 bits per heavy atom. The van der Waals surface area contributed by atoms with Gasteiger partial charge < -0.3 is 0 Å². The van der Waals surface area contributed by atoms with Gasteiger partial charge in [-0.25, -0.2) is 8.42 Å². The van der Waals surface area contributed by atoms with Crippen LogP contribution in [-0.2, 0) is 10.0 Å². The summed E-state index contributed by atoms with van der Waals surface area (Å²) >= 11 is 0. The number of benzene rings is 1. The summed E-state index contributed by atoms with van der Waals surface area (Å²) in [6, 6.07) is 7.55. The Labute approximate surface area is 101 Å². The van der Waals surface area contributed by atoms with Crippen molar-refractivity contribution >= 4 is 26.5 Å². The largest absolute Gasteiger partial charge is 0.281 e. The van der Waals surface area contributed by atoms with Gasteiger partial charge in [0.25, 0.3) is 0 Å². The van der Waals surface area contributed by atoms with Crippen LogP contribution in [0.15, 0.2) is 36.7 Å². The highest BCUT2D eigenvalue weighted by Gasteiger charge is 2.10. The fraction of sp³-hybridized carbons (Fsp3) is 0.250. The predicted octanol–water partition coefficient (Wildman–Crippen LogP) is 2.39. The molecule has 0 aliphatic carbocycles.